The van der Waals surface area contributed by atoms with Crippen LogP contribution in [0.3, 0.4) is 0 Å². The molecule has 0 amide bonds. The lowest BCUT2D eigenvalue weighted by Crippen LogP contribution is -2.09. The maximum absolute atomic E-state index is 11.7. The van der Waals surface area contributed by atoms with Gasteiger partial charge in [-0.05, 0) is 12.1 Å². The van der Waals surface area contributed by atoms with Gasteiger partial charge in [0.15, 0.2) is 5.78 Å². The number of aromatic nitrogens is 2. The van der Waals surface area contributed by atoms with E-state index in [1.165, 1.54) is 0 Å². The first-order chi connectivity index (χ1) is 7.18. The van der Waals surface area contributed by atoms with Crippen molar-refractivity contribution in [1.82, 2.24) is 9.97 Å². The highest BCUT2D eigenvalue weighted by atomic mass is 16.1. The molecular formula is C12H12N2O. The van der Waals surface area contributed by atoms with Crippen LogP contribution in [0, 0.1) is 5.92 Å². The molecule has 0 radical (unpaired) electrons. The molecule has 15 heavy (non-hydrogen) atoms. The van der Waals surface area contributed by atoms with Gasteiger partial charge in [-0.3, -0.25) is 9.78 Å². The zero-order chi connectivity index (χ0) is 10.8. The summed E-state index contributed by atoms with van der Waals surface area (Å²) in [5.74, 6) is 0.0485. The Morgan fingerprint density at radius 1 is 1.27 bits per heavy atom. The Morgan fingerprint density at radius 2 is 2.07 bits per heavy atom. The molecular weight excluding hydrogens is 188 g/mol. The van der Waals surface area contributed by atoms with E-state index in [9.17, 15) is 4.79 Å². The van der Waals surface area contributed by atoms with Gasteiger partial charge < -0.3 is 0 Å². The molecule has 2 rings (SSSR count). The lowest BCUT2D eigenvalue weighted by atomic mass is 10.1. The van der Waals surface area contributed by atoms with E-state index in [-0.39, 0.29) is 11.7 Å². The van der Waals surface area contributed by atoms with Crippen LogP contribution in [0.5, 0.6) is 0 Å². The molecule has 0 atom stereocenters. The normalized spacial score (nSPS) is 10.9. The van der Waals surface area contributed by atoms with Crippen molar-refractivity contribution in [2.75, 3.05) is 0 Å². The monoisotopic (exact) mass is 200 g/mol. The number of hydrogen-bond donors (Lipinski definition) is 0. The Balaban J connectivity index is 2.52. The second kappa shape index (κ2) is 3.77. The van der Waals surface area contributed by atoms with Crippen molar-refractivity contribution < 1.29 is 4.79 Å². The summed E-state index contributed by atoms with van der Waals surface area (Å²) < 4.78 is 0. The molecule has 0 bridgehead atoms. The fourth-order valence-electron chi connectivity index (χ4n) is 1.40. The highest BCUT2D eigenvalue weighted by Gasteiger charge is 2.11. The molecule has 0 aromatic carbocycles. The molecule has 2 aromatic heterocycles. The number of pyridine rings is 2. The predicted molar refractivity (Wildman–Crippen MR) is 58.7 cm³/mol. The minimum Gasteiger partial charge on any atom is -0.292 e. The van der Waals surface area contributed by atoms with E-state index in [4.69, 9.17) is 0 Å². The zero-order valence-corrected chi connectivity index (χ0v) is 8.77. The summed E-state index contributed by atoms with van der Waals surface area (Å²) in [5, 5.41) is 1.00. The van der Waals surface area contributed by atoms with Crippen molar-refractivity contribution in [3.63, 3.8) is 0 Å². The van der Waals surface area contributed by atoms with Crippen molar-refractivity contribution in [2.45, 2.75) is 13.8 Å². The minimum absolute atomic E-state index is 0.0216. The molecule has 0 aliphatic carbocycles. The first-order valence-corrected chi connectivity index (χ1v) is 4.93. The molecule has 0 fully saturated rings. The minimum atomic E-state index is -0.0216. The largest absolute Gasteiger partial charge is 0.292 e. The number of rotatable bonds is 2. The first-order valence-electron chi connectivity index (χ1n) is 4.93. The number of carbonyl (C=O) groups is 1. The van der Waals surface area contributed by atoms with Gasteiger partial charge in [-0.25, -0.2) is 4.98 Å². The average Bonchev–Trinajstić information content (AvgIpc) is 2.27. The number of nitrogens with zero attached hydrogens (tertiary/aromatic N) is 2. The number of ketones is 1. The molecule has 0 aliphatic heterocycles. The second-order valence-electron chi connectivity index (χ2n) is 3.78. The summed E-state index contributed by atoms with van der Waals surface area (Å²) in [5.41, 5.74) is 1.29. The van der Waals surface area contributed by atoms with Crippen LogP contribution in [-0.2, 0) is 0 Å². The van der Waals surface area contributed by atoms with Crippen molar-refractivity contribution in [1.29, 1.82) is 0 Å². The highest BCUT2D eigenvalue weighted by molar-refractivity contribution is 5.97. The Labute approximate surface area is 88.2 Å². The topological polar surface area (TPSA) is 42.9 Å². The van der Waals surface area contributed by atoms with Gasteiger partial charge in [-0.2, -0.15) is 0 Å². The SMILES string of the molecule is CC(C)C(=O)c1ccc2ccncc2n1. The number of hydrogen-bond acceptors (Lipinski definition) is 3. The number of Topliss-reactive ketones (excluding diaryl/α,β-unsaturated/α-hetero) is 1. The number of carbonyl (C=O) groups excluding carboxylic acids is 1. The van der Waals surface area contributed by atoms with E-state index in [0.717, 1.165) is 10.9 Å². The third kappa shape index (κ3) is 1.86. The molecule has 0 spiro atoms. The third-order valence-corrected chi connectivity index (χ3v) is 2.27. The van der Waals surface area contributed by atoms with E-state index >= 15 is 0 Å². The van der Waals surface area contributed by atoms with Gasteiger partial charge in [0.25, 0.3) is 0 Å². The van der Waals surface area contributed by atoms with Crippen LogP contribution in [0.25, 0.3) is 10.9 Å². The Morgan fingerprint density at radius 3 is 2.80 bits per heavy atom. The van der Waals surface area contributed by atoms with E-state index in [2.05, 4.69) is 9.97 Å². The summed E-state index contributed by atoms with van der Waals surface area (Å²) in [6.45, 7) is 3.74. The van der Waals surface area contributed by atoms with Crippen molar-refractivity contribution in [3.8, 4) is 0 Å². The molecule has 0 saturated heterocycles. The smallest absolute Gasteiger partial charge is 0.183 e. The Kier molecular flexibility index (Phi) is 2.46. The van der Waals surface area contributed by atoms with Crippen LogP contribution in [-0.4, -0.2) is 15.8 Å². The second-order valence-corrected chi connectivity index (χ2v) is 3.78. The van der Waals surface area contributed by atoms with Crippen molar-refractivity contribution >= 4 is 16.7 Å². The summed E-state index contributed by atoms with van der Waals surface area (Å²) in [7, 11) is 0. The van der Waals surface area contributed by atoms with Gasteiger partial charge in [0.05, 0.1) is 11.7 Å². The molecule has 2 aromatic rings. The van der Waals surface area contributed by atoms with E-state index in [0.29, 0.717) is 5.69 Å². The van der Waals surface area contributed by atoms with Crippen LogP contribution in [0.1, 0.15) is 24.3 Å². The van der Waals surface area contributed by atoms with Gasteiger partial charge in [-0.15, -0.1) is 0 Å². The summed E-state index contributed by atoms with van der Waals surface area (Å²) in [6, 6.07) is 5.55. The van der Waals surface area contributed by atoms with E-state index in [1.807, 2.05) is 26.0 Å². The van der Waals surface area contributed by atoms with Crippen LogP contribution in [0.4, 0.5) is 0 Å². The average molecular weight is 200 g/mol. The number of fused-ring (bicyclic) bond motifs is 1. The lowest BCUT2D eigenvalue weighted by molar-refractivity contribution is 0.0935. The quantitative estimate of drug-likeness (QED) is 0.699. The molecule has 3 heteroatoms. The predicted octanol–water partition coefficient (Wildman–Crippen LogP) is 2.47. The van der Waals surface area contributed by atoms with Crippen LogP contribution < -0.4 is 0 Å². The fourth-order valence-corrected chi connectivity index (χ4v) is 1.40. The zero-order valence-electron chi connectivity index (χ0n) is 8.77. The maximum atomic E-state index is 11.7. The first kappa shape index (κ1) is 9.77. The van der Waals surface area contributed by atoms with Gasteiger partial charge in [0, 0.05) is 17.5 Å². The molecule has 0 saturated carbocycles. The molecule has 0 unspecified atom stereocenters. The van der Waals surface area contributed by atoms with Gasteiger partial charge in [0.1, 0.15) is 5.69 Å². The maximum Gasteiger partial charge on any atom is 0.183 e. The van der Waals surface area contributed by atoms with Gasteiger partial charge in [0.2, 0.25) is 0 Å². The van der Waals surface area contributed by atoms with Crippen LogP contribution >= 0.6 is 0 Å². The molecule has 0 N–H and O–H groups in total. The van der Waals surface area contributed by atoms with Crippen LogP contribution in [0.2, 0.25) is 0 Å². The molecule has 3 nitrogen and oxygen atoms in total. The standard InChI is InChI=1S/C12H12N2O/c1-8(2)12(15)10-4-3-9-5-6-13-7-11(9)14-10/h3-8H,1-2H3. The Hall–Kier alpha value is -1.77. The van der Waals surface area contributed by atoms with E-state index < -0.39 is 0 Å². The van der Waals surface area contributed by atoms with Gasteiger partial charge in [-0.1, -0.05) is 19.9 Å². The molecule has 0 aliphatic rings. The van der Waals surface area contributed by atoms with Crippen LogP contribution in [0.15, 0.2) is 30.6 Å². The summed E-state index contributed by atoms with van der Waals surface area (Å²) in [6.07, 6.45) is 3.39. The van der Waals surface area contributed by atoms with Gasteiger partial charge >= 0.3 is 0 Å². The van der Waals surface area contributed by atoms with Crippen molar-refractivity contribution in [2.24, 2.45) is 5.92 Å². The van der Waals surface area contributed by atoms with E-state index in [1.54, 1.807) is 18.5 Å². The molecule has 2 heterocycles. The fraction of sp³-hybridized carbons (Fsp3) is 0.250. The lowest BCUT2D eigenvalue weighted by Gasteiger charge is -2.04. The summed E-state index contributed by atoms with van der Waals surface area (Å²) >= 11 is 0. The highest BCUT2D eigenvalue weighted by Crippen LogP contribution is 2.12. The summed E-state index contributed by atoms with van der Waals surface area (Å²) in [4.78, 5) is 20.0. The molecule has 76 valence electrons. The van der Waals surface area contributed by atoms with Crippen molar-refractivity contribution in [3.05, 3.63) is 36.3 Å². The third-order valence-electron chi connectivity index (χ3n) is 2.27. The Bertz CT molecular complexity index is 506.